The molecule has 2 fully saturated rings. The maximum atomic E-state index is 12.7. The van der Waals surface area contributed by atoms with E-state index in [2.05, 4.69) is 25.9 Å². The van der Waals surface area contributed by atoms with Gasteiger partial charge in [-0.15, -0.1) is 0 Å². The molecule has 0 amide bonds. The Morgan fingerprint density at radius 3 is 1.77 bits per heavy atom. The summed E-state index contributed by atoms with van der Waals surface area (Å²) in [5.41, 5.74) is 0.965. The maximum Gasteiger partial charge on any atom is 2.00 e. The molecule has 183 valence electrons. The van der Waals surface area contributed by atoms with Gasteiger partial charge in [-0.3, -0.25) is 4.79 Å². The molecule has 9 nitrogen and oxygen atoms in total. The molecule has 3 atom stereocenters. The molecule has 5 radical (unpaired) electrons. The number of nitrogens with zero attached hydrogens (tertiary/aromatic N) is 1. The Morgan fingerprint density at radius 1 is 0.943 bits per heavy atom. The van der Waals surface area contributed by atoms with Crippen molar-refractivity contribution < 1.29 is 57.7 Å². The van der Waals surface area contributed by atoms with Crippen LogP contribution < -0.4 is 0 Å². The quantitative estimate of drug-likeness (QED) is 0.109. The second-order valence-electron chi connectivity index (χ2n) is 6.24. The number of carbonyl (C=O) groups is 1. The number of aryl methyl sites for hydroxylation is 1. The Hall–Kier alpha value is -1.97. The third-order valence-electron chi connectivity index (χ3n) is 4.08. The maximum absolute atomic E-state index is 12.7. The van der Waals surface area contributed by atoms with Gasteiger partial charge in [-0.05, 0) is 51.2 Å². The molecule has 2 aliphatic rings. The molecule has 1 heterocycles. The van der Waals surface area contributed by atoms with E-state index in [1.165, 1.54) is 11.2 Å². The Balaban J connectivity index is -0.000000722. The third kappa shape index (κ3) is 14.2. The van der Waals surface area contributed by atoms with E-state index in [1.54, 1.807) is 24.3 Å². The average molecular weight is 669 g/mol. The summed E-state index contributed by atoms with van der Waals surface area (Å²) in [4.78, 5) is 11.1. The summed E-state index contributed by atoms with van der Waals surface area (Å²) in [6, 6.07) is 5.70. The number of carbonyl (C=O) groups excluding carboxylic acids is 1. The standard InChI is InChI=1S/C16H18NO5S.C5H5.3CO.W/c1-4-9-21-10-15-16(11-22-13(3)18)17(15)23(19,20)14-7-5-12(2)6-8-14;1-2-4-5-3-1;3*1-2;/h5-8,15-16H,9-11H2,2-3H3;1-5H;;;;/q-1;;;;;+2/t15-,16-,17?;;;;;/m0...../s1. The van der Waals surface area contributed by atoms with Crippen molar-refractivity contribution in [3.63, 3.8) is 0 Å². The van der Waals surface area contributed by atoms with E-state index < -0.39 is 28.1 Å². The Kier molecular flexibility index (Phi) is 24.1. The fourth-order valence-corrected chi connectivity index (χ4v) is 4.41. The summed E-state index contributed by atoms with van der Waals surface area (Å²) in [6.07, 6.45) is 16.8. The fourth-order valence-electron chi connectivity index (χ4n) is 2.62. The van der Waals surface area contributed by atoms with Crippen molar-refractivity contribution in [1.29, 1.82) is 0 Å². The largest absolute Gasteiger partial charge is 2.00 e. The first kappa shape index (κ1) is 37.6. The number of ether oxygens (including phenoxy) is 2. The Morgan fingerprint density at radius 2 is 1.37 bits per heavy atom. The Bertz CT molecular complexity index is 894. The minimum atomic E-state index is -3.67. The van der Waals surface area contributed by atoms with Crippen molar-refractivity contribution >= 4 is 16.0 Å². The summed E-state index contributed by atoms with van der Waals surface area (Å²) >= 11 is 0. The van der Waals surface area contributed by atoms with Crippen molar-refractivity contribution in [2.24, 2.45) is 0 Å². The van der Waals surface area contributed by atoms with Crippen LogP contribution in [0.4, 0.5) is 0 Å². The molecular formula is C24H23NO8SW+. The average Bonchev–Trinajstić information content (AvgIpc) is 3.23. The van der Waals surface area contributed by atoms with Crippen LogP contribution in [0.3, 0.4) is 0 Å². The van der Waals surface area contributed by atoms with E-state index in [-0.39, 0.29) is 45.8 Å². The molecule has 1 aromatic rings. The molecule has 1 aliphatic heterocycles. The number of hydrogen-bond donors (Lipinski definition) is 0. The van der Waals surface area contributed by atoms with Gasteiger partial charge < -0.3 is 21.8 Å². The first-order valence-corrected chi connectivity index (χ1v) is 10.8. The second kappa shape index (κ2) is 22.5. The topological polar surface area (TPSA) is 132 Å². The zero-order valence-corrected chi connectivity index (χ0v) is 22.8. The summed E-state index contributed by atoms with van der Waals surface area (Å²) < 4.78 is 59.3. The number of hydrogen-bond acceptors (Lipinski definition) is 5. The molecule has 0 bridgehead atoms. The van der Waals surface area contributed by atoms with Crippen LogP contribution in [-0.2, 0) is 59.3 Å². The third-order valence-corrected chi connectivity index (χ3v) is 6.04. The van der Waals surface area contributed by atoms with Crippen LogP contribution in [0.2, 0.25) is 0 Å². The molecule has 0 spiro atoms. The van der Waals surface area contributed by atoms with E-state index in [4.69, 9.17) is 29.9 Å². The summed E-state index contributed by atoms with van der Waals surface area (Å²) in [6.45, 7) is 16.8. The number of esters is 1. The predicted molar refractivity (Wildman–Crippen MR) is 116 cm³/mol. The van der Waals surface area contributed by atoms with Crippen LogP contribution in [0.5, 0.6) is 0 Å². The minimum absolute atomic E-state index is 0. The molecule has 35 heavy (non-hydrogen) atoms. The first-order valence-electron chi connectivity index (χ1n) is 9.36. The van der Waals surface area contributed by atoms with Gasteiger partial charge in [0.25, 0.3) is 0 Å². The van der Waals surface area contributed by atoms with Crippen molar-refractivity contribution in [3.8, 4) is 5.92 Å². The van der Waals surface area contributed by atoms with Gasteiger partial charge in [0.2, 0.25) is 10.0 Å². The molecule has 3 rings (SSSR count). The van der Waals surface area contributed by atoms with Crippen LogP contribution in [0.1, 0.15) is 12.5 Å². The molecule has 1 aromatic carbocycles. The van der Waals surface area contributed by atoms with Gasteiger partial charge in [-0.2, -0.15) is 4.31 Å². The van der Waals surface area contributed by atoms with Crippen LogP contribution in [0.25, 0.3) is 0 Å². The van der Waals surface area contributed by atoms with E-state index in [0.29, 0.717) is 0 Å². The molecule has 1 saturated carbocycles. The van der Waals surface area contributed by atoms with Crippen LogP contribution in [0, 0.1) is 71.3 Å². The molecule has 1 unspecified atom stereocenters. The normalized spacial score (nSPS) is 18.8. The van der Waals surface area contributed by atoms with Crippen molar-refractivity contribution in [1.82, 2.24) is 4.31 Å². The van der Waals surface area contributed by atoms with Gasteiger partial charge in [0, 0.05) is 6.92 Å². The van der Waals surface area contributed by atoms with Crippen LogP contribution >= 0.6 is 0 Å². The fraction of sp³-hybridized carbons (Fsp3) is 0.292. The zero-order valence-electron chi connectivity index (χ0n) is 19.0. The zero-order chi connectivity index (χ0) is 26.6. The minimum Gasteiger partial charge on any atom is -0.0312 e. The van der Waals surface area contributed by atoms with Gasteiger partial charge in [0.1, 0.15) is 6.61 Å². The predicted octanol–water partition coefficient (Wildman–Crippen LogP) is 1.81. The van der Waals surface area contributed by atoms with E-state index in [1.807, 2.05) is 39.0 Å². The molecule has 0 N–H and O–H groups in total. The Labute approximate surface area is 222 Å². The van der Waals surface area contributed by atoms with Gasteiger partial charge >= 0.3 is 60.9 Å². The molecule has 11 heteroatoms. The smallest absolute Gasteiger partial charge is 0.0312 e. The van der Waals surface area contributed by atoms with Gasteiger partial charge in [0.15, 0.2) is 0 Å². The van der Waals surface area contributed by atoms with E-state index in [0.717, 1.165) is 5.56 Å². The van der Waals surface area contributed by atoms with Gasteiger partial charge in [-0.25, -0.2) is 8.42 Å². The number of benzene rings is 1. The second-order valence-corrected chi connectivity index (χ2v) is 8.08. The van der Waals surface area contributed by atoms with E-state index >= 15 is 0 Å². The van der Waals surface area contributed by atoms with Crippen LogP contribution in [0.15, 0.2) is 29.2 Å². The van der Waals surface area contributed by atoms with Crippen molar-refractivity contribution in [3.05, 3.63) is 88.3 Å². The summed E-state index contributed by atoms with van der Waals surface area (Å²) in [5, 5.41) is 0. The molecular weight excluding hydrogens is 646 g/mol. The molecule has 1 aliphatic carbocycles. The van der Waals surface area contributed by atoms with Gasteiger partial charge in [0.05, 0.1) is 30.2 Å². The number of sulfonamides is 1. The summed E-state index contributed by atoms with van der Waals surface area (Å²) in [7, 11) is -3.67. The van der Waals surface area contributed by atoms with Crippen molar-refractivity contribution in [2.75, 3.05) is 19.8 Å². The SMILES string of the molecule is [C-]#CCOC[C@H]1[C@H](COC(C)=O)N1S(=O)(=O)c1ccc(C)cc1.[C-]#[O+].[C-]#[O+].[C-]#[O+].[CH]1[CH][CH][CH][CH]1.[W+2]. The van der Waals surface area contributed by atoms with Crippen molar-refractivity contribution in [2.45, 2.75) is 30.8 Å². The molecule has 1 saturated heterocycles. The monoisotopic (exact) mass is 669 g/mol. The number of rotatable bonds is 7. The van der Waals surface area contributed by atoms with E-state index in [9.17, 15) is 13.2 Å². The molecule has 0 aromatic heterocycles. The van der Waals surface area contributed by atoms with Gasteiger partial charge in [-0.1, -0.05) is 17.7 Å². The van der Waals surface area contributed by atoms with Crippen LogP contribution in [-0.4, -0.2) is 50.6 Å². The summed E-state index contributed by atoms with van der Waals surface area (Å²) in [5.74, 6) is 1.62. The first-order chi connectivity index (χ1) is 16.4.